The van der Waals surface area contributed by atoms with Crippen LogP contribution in [0.25, 0.3) is 10.8 Å². The fourth-order valence-electron chi connectivity index (χ4n) is 2.32. The minimum atomic E-state index is -3.62. The van der Waals surface area contributed by atoms with Gasteiger partial charge in [0.1, 0.15) is 5.76 Å². The van der Waals surface area contributed by atoms with E-state index in [0.29, 0.717) is 11.1 Å². The summed E-state index contributed by atoms with van der Waals surface area (Å²) in [6.07, 6.45) is 1.53. The van der Waals surface area contributed by atoms with E-state index in [0.717, 1.165) is 5.39 Å². The van der Waals surface area contributed by atoms with Gasteiger partial charge in [-0.25, -0.2) is 13.1 Å². The average Bonchev–Trinajstić information content (AvgIpc) is 3.00. The molecule has 5 heteroatoms. The highest BCUT2D eigenvalue weighted by molar-refractivity contribution is 7.89. The highest BCUT2D eigenvalue weighted by Gasteiger charge is 2.21. The Hall–Kier alpha value is -2.11. The van der Waals surface area contributed by atoms with Crippen LogP contribution >= 0.6 is 0 Å². The molecule has 1 atom stereocenters. The Bertz CT molecular complexity index is 849. The smallest absolute Gasteiger partial charge is 0.241 e. The van der Waals surface area contributed by atoms with E-state index in [1.165, 1.54) is 6.26 Å². The Labute approximate surface area is 123 Å². The summed E-state index contributed by atoms with van der Waals surface area (Å²) < 4.78 is 33.1. The minimum absolute atomic E-state index is 0.277. The van der Waals surface area contributed by atoms with Crippen LogP contribution in [0.1, 0.15) is 18.7 Å². The van der Waals surface area contributed by atoms with Gasteiger partial charge in [-0.15, -0.1) is 0 Å². The molecule has 0 spiro atoms. The summed E-state index contributed by atoms with van der Waals surface area (Å²) in [4.78, 5) is 0.277. The molecule has 1 heterocycles. The highest BCUT2D eigenvalue weighted by Crippen LogP contribution is 2.24. The number of furan rings is 1. The van der Waals surface area contributed by atoms with E-state index in [2.05, 4.69) is 4.72 Å². The van der Waals surface area contributed by atoms with E-state index in [9.17, 15) is 8.42 Å². The maximum Gasteiger partial charge on any atom is 0.241 e. The Morgan fingerprint density at radius 2 is 1.76 bits per heavy atom. The lowest BCUT2D eigenvalue weighted by Crippen LogP contribution is -2.26. The Kier molecular flexibility index (Phi) is 3.53. The van der Waals surface area contributed by atoms with Crippen molar-refractivity contribution in [3.63, 3.8) is 0 Å². The topological polar surface area (TPSA) is 59.3 Å². The van der Waals surface area contributed by atoms with Gasteiger partial charge in [0, 0.05) is 5.39 Å². The molecule has 0 aliphatic heterocycles. The molecule has 3 rings (SSSR count). The number of rotatable bonds is 4. The zero-order valence-electron chi connectivity index (χ0n) is 11.5. The van der Waals surface area contributed by atoms with Crippen LogP contribution in [0, 0.1) is 0 Å². The lowest BCUT2D eigenvalue weighted by Gasteiger charge is -2.13. The standard InChI is InChI=1S/C16H15NO3S/c1-12(15-9-5-11-20-15)17-21(18,19)16-10-4-7-13-6-2-3-8-14(13)16/h2-12,17H,1H3. The molecule has 1 N–H and O–H groups in total. The first-order chi connectivity index (χ1) is 10.1. The minimum Gasteiger partial charge on any atom is -0.468 e. The normalized spacial score (nSPS) is 13.4. The van der Waals surface area contributed by atoms with Gasteiger partial charge in [-0.2, -0.15) is 0 Å². The first-order valence-corrected chi connectivity index (χ1v) is 8.10. The molecule has 0 saturated carbocycles. The monoisotopic (exact) mass is 301 g/mol. The van der Waals surface area contributed by atoms with Gasteiger partial charge in [-0.3, -0.25) is 0 Å². The second-order valence-corrected chi connectivity index (χ2v) is 6.52. The highest BCUT2D eigenvalue weighted by atomic mass is 32.2. The van der Waals surface area contributed by atoms with Crippen LogP contribution in [-0.4, -0.2) is 8.42 Å². The van der Waals surface area contributed by atoms with Crippen molar-refractivity contribution in [2.75, 3.05) is 0 Å². The quantitative estimate of drug-likeness (QED) is 0.802. The van der Waals surface area contributed by atoms with Crippen molar-refractivity contribution in [1.29, 1.82) is 0 Å². The van der Waals surface area contributed by atoms with E-state index < -0.39 is 16.1 Å². The zero-order valence-corrected chi connectivity index (χ0v) is 12.3. The Morgan fingerprint density at radius 1 is 1.00 bits per heavy atom. The molecule has 0 saturated heterocycles. The fraction of sp³-hybridized carbons (Fsp3) is 0.125. The molecule has 0 aliphatic carbocycles. The number of benzene rings is 2. The number of nitrogens with one attached hydrogen (secondary N) is 1. The van der Waals surface area contributed by atoms with Gasteiger partial charge in [-0.1, -0.05) is 36.4 Å². The largest absolute Gasteiger partial charge is 0.468 e. The molecule has 2 aromatic carbocycles. The van der Waals surface area contributed by atoms with Gasteiger partial charge < -0.3 is 4.42 Å². The maximum atomic E-state index is 12.6. The third kappa shape index (κ3) is 2.70. The van der Waals surface area contributed by atoms with Crippen LogP contribution in [0.15, 0.2) is 70.2 Å². The van der Waals surface area contributed by atoms with Gasteiger partial charge in [-0.05, 0) is 30.5 Å². The van der Waals surface area contributed by atoms with Crippen LogP contribution in [0.3, 0.4) is 0 Å². The number of hydrogen-bond donors (Lipinski definition) is 1. The number of fused-ring (bicyclic) bond motifs is 1. The summed E-state index contributed by atoms with van der Waals surface area (Å²) in [6, 6.07) is 15.7. The predicted octanol–water partition coefficient (Wildman–Crippen LogP) is 3.47. The van der Waals surface area contributed by atoms with Crippen LogP contribution in [0.5, 0.6) is 0 Å². The third-order valence-corrected chi connectivity index (χ3v) is 4.94. The van der Waals surface area contributed by atoms with Gasteiger partial charge in [0.2, 0.25) is 10.0 Å². The lowest BCUT2D eigenvalue weighted by molar-refractivity contribution is 0.459. The lowest BCUT2D eigenvalue weighted by atomic mass is 10.1. The van der Waals surface area contributed by atoms with E-state index >= 15 is 0 Å². The van der Waals surface area contributed by atoms with Gasteiger partial charge >= 0.3 is 0 Å². The van der Waals surface area contributed by atoms with E-state index in [4.69, 9.17) is 4.42 Å². The van der Waals surface area contributed by atoms with Crippen LogP contribution in [-0.2, 0) is 10.0 Å². The first kappa shape index (κ1) is 13.9. The molecule has 0 bridgehead atoms. The van der Waals surface area contributed by atoms with Crippen molar-refractivity contribution in [2.24, 2.45) is 0 Å². The summed E-state index contributed by atoms with van der Waals surface area (Å²) in [5.74, 6) is 0.582. The molecule has 0 amide bonds. The first-order valence-electron chi connectivity index (χ1n) is 6.61. The molecule has 0 radical (unpaired) electrons. The number of sulfonamides is 1. The SMILES string of the molecule is CC(NS(=O)(=O)c1cccc2ccccc12)c1ccco1. The van der Waals surface area contributed by atoms with E-state index in [1.54, 1.807) is 37.3 Å². The van der Waals surface area contributed by atoms with Crippen molar-refractivity contribution in [2.45, 2.75) is 17.9 Å². The summed E-state index contributed by atoms with van der Waals surface area (Å²) in [5.41, 5.74) is 0. The second-order valence-electron chi connectivity index (χ2n) is 4.84. The van der Waals surface area contributed by atoms with Crippen molar-refractivity contribution in [3.05, 3.63) is 66.6 Å². The third-order valence-electron chi connectivity index (χ3n) is 3.34. The molecular weight excluding hydrogens is 286 g/mol. The molecular formula is C16H15NO3S. The predicted molar refractivity (Wildman–Crippen MR) is 81.4 cm³/mol. The zero-order chi connectivity index (χ0) is 14.9. The van der Waals surface area contributed by atoms with E-state index in [1.807, 2.05) is 24.3 Å². The van der Waals surface area contributed by atoms with Crippen LogP contribution in [0.2, 0.25) is 0 Å². The fourth-order valence-corrected chi connectivity index (χ4v) is 3.76. The van der Waals surface area contributed by atoms with Crippen molar-refractivity contribution in [3.8, 4) is 0 Å². The van der Waals surface area contributed by atoms with Crippen LogP contribution in [0.4, 0.5) is 0 Å². The summed E-state index contributed by atoms with van der Waals surface area (Å²) in [5, 5.41) is 1.60. The molecule has 0 aliphatic rings. The summed E-state index contributed by atoms with van der Waals surface area (Å²) >= 11 is 0. The van der Waals surface area contributed by atoms with Crippen LogP contribution < -0.4 is 4.72 Å². The van der Waals surface area contributed by atoms with Crippen molar-refractivity contribution >= 4 is 20.8 Å². The molecule has 21 heavy (non-hydrogen) atoms. The van der Waals surface area contributed by atoms with Gasteiger partial charge in [0.05, 0.1) is 17.2 Å². The molecule has 1 aromatic heterocycles. The second kappa shape index (κ2) is 5.35. The van der Waals surface area contributed by atoms with Crippen molar-refractivity contribution < 1.29 is 12.8 Å². The number of hydrogen-bond acceptors (Lipinski definition) is 3. The molecule has 4 nitrogen and oxygen atoms in total. The molecule has 0 fully saturated rings. The molecule has 108 valence electrons. The summed E-state index contributed by atoms with van der Waals surface area (Å²) in [6.45, 7) is 1.75. The Balaban J connectivity index is 2.01. The summed E-state index contributed by atoms with van der Waals surface area (Å²) in [7, 11) is -3.62. The van der Waals surface area contributed by atoms with Crippen molar-refractivity contribution in [1.82, 2.24) is 4.72 Å². The van der Waals surface area contributed by atoms with Gasteiger partial charge in [0.15, 0.2) is 0 Å². The molecule has 3 aromatic rings. The average molecular weight is 301 g/mol. The van der Waals surface area contributed by atoms with Gasteiger partial charge in [0.25, 0.3) is 0 Å². The van der Waals surface area contributed by atoms with E-state index in [-0.39, 0.29) is 4.90 Å². The maximum absolute atomic E-state index is 12.6. The Morgan fingerprint density at radius 3 is 2.52 bits per heavy atom. The molecule has 1 unspecified atom stereocenters.